The van der Waals surface area contributed by atoms with Crippen molar-refractivity contribution in [1.29, 1.82) is 0 Å². The van der Waals surface area contributed by atoms with E-state index in [4.69, 9.17) is 44.9 Å². The van der Waals surface area contributed by atoms with Crippen LogP contribution in [0.3, 0.4) is 0 Å². The summed E-state index contributed by atoms with van der Waals surface area (Å²) in [4.78, 5) is 27.2. The molecule has 0 aliphatic carbocycles. The third-order valence-electron chi connectivity index (χ3n) is 5.01. The lowest BCUT2D eigenvalue weighted by molar-refractivity contribution is -0.123. The molecule has 172 valence electrons. The molecule has 0 saturated carbocycles. The maximum atomic E-state index is 12.8. The van der Waals surface area contributed by atoms with Crippen LogP contribution in [0.1, 0.15) is 18.4 Å². The Kier molecular flexibility index (Phi) is 7.93. The quantitative estimate of drug-likeness (QED) is 0.388. The van der Waals surface area contributed by atoms with Gasteiger partial charge in [0.15, 0.2) is 6.61 Å². The van der Waals surface area contributed by atoms with E-state index in [1.54, 1.807) is 47.4 Å². The highest BCUT2D eigenvalue weighted by molar-refractivity contribution is 8.26. The second kappa shape index (κ2) is 10.9. The standard InChI is InChI=1S/C23H20Cl2N2O4S2/c24-15-6-7-19(18(25)11-15)26-21(28)13-31-16-4-1-3-14(9-16)10-20-22(29)27(23(32)33-20)12-17-5-2-8-30-17/h1,3-4,6-7,9-11,17H,2,5,8,12-13H2,(H,26,28)/b20-10-/t17-/m1/s1. The fourth-order valence-electron chi connectivity index (χ4n) is 3.42. The van der Waals surface area contributed by atoms with E-state index in [0.717, 1.165) is 25.0 Å². The molecule has 0 aromatic heterocycles. The zero-order valence-electron chi connectivity index (χ0n) is 17.4. The molecule has 33 heavy (non-hydrogen) atoms. The monoisotopic (exact) mass is 522 g/mol. The van der Waals surface area contributed by atoms with Crippen LogP contribution in [0.25, 0.3) is 6.08 Å². The van der Waals surface area contributed by atoms with Gasteiger partial charge < -0.3 is 14.8 Å². The van der Waals surface area contributed by atoms with Crippen LogP contribution in [0, 0.1) is 0 Å². The van der Waals surface area contributed by atoms with Crippen molar-refractivity contribution in [1.82, 2.24) is 4.90 Å². The average molecular weight is 523 g/mol. The van der Waals surface area contributed by atoms with E-state index in [0.29, 0.717) is 37.3 Å². The summed E-state index contributed by atoms with van der Waals surface area (Å²) in [5, 5.41) is 3.51. The second-order valence-electron chi connectivity index (χ2n) is 7.46. The van der Waals surface area contributed by atoms with E-state index in [1.807, 2.05) is 6.07 Å². The van der Waals surface area contributed by atoms with Crippen molar-refractivity contribution in [2.24, 2.45) is 0 Å². The van der Waals surface area contributed by atoms with Gasteiger partial charge in [-0.1, -0.05) is 59.3 Å². The van der Waals surface area contributed by atoms with Crippen LogP contribution >= 0.6 is 47.2 Å². The maximum absolute atomic E-state index is 12.8. The van der Waals surface area contributed by atoms with Gasteiger partial charge in [-0.25, -0.2) is 0 Å². The van der Waals surface area contributed by atoms with E-state index in [2.05, 4.69) is 5.32 Å². The molecule has 4 rings (SSSR count). The summed E-state index contributed by atoms with van der Waals surface area (Å²) < 4.78 is 11.8. The minimum absolute atomic E-state index is 0.0393. The number of ether oxygens (including phenoxy) is 2. The van der Waals surface area contributed by atoms with Gasteiger partial charge in [0.05, 0.1) is 28.3 Å². The molecule has 0 unspecified atom stereocenters. The fraction of sp³-hybridized carbons (Fsp3) is 0.261. The molecule has 2 amide bonds. The highest BCUT2D eigenvalue weighted by Gasteiger charge is 2.34. The number of thiocarbonyl (C=S) groups is 1. The molecular weight excluding hydrogens is 503 g/mol. The summed E-state index contributed by atoms with van der Waals surface area (Å²) in [5.41, 5.74) is 1.22. The zero-order chi connectivity index (χ0) is 23.4. The maximum Gasteiger partial charge on any atom is 0.266 e. The molecule has 2 heterocycles. The van der Waals surface area contributed by atoms with Gasteiger partial charge >= 0.3 is 0 Å². The SMILES string of the molecule is O=C(COc1cccc(/C=C2\SC(=S)N(C[C@H]3CCCO3)C2=O)c1)Nc1ccc(Cl)cc1Cl. The Morgan fingerprint density at radius 2 is 2.15 bits per heavy atom. The number of nitrogens with one attached hydrogen (secondary N) is 1. The average Bonchev–Trinajstić information content (AvgIpc) is 3.39. The lowest BCUT2D eigenvalue weighted by Crippen LogP contribution is -2.35. The molecule has 1 atom stereocenters. The molecular formula is C23H20Cl2N2O4S2. The van der Waals surface area contributed by atoms with Crippen LogP contribution < -0.4 is 10.1 Å². The van der Waals surface area contributed by atoms with Crippen molar-refractivity contribution in [3.63, 3.8) is 0 Å². The number of carbonyl (C=O) groups is 2. The molecule has 0 spiro atoms. The number of carbonyl (C=O) groups excluding carboxylic acids is 2. The van der Waals surface area contributed by atoms with Gasteiger partial charge in [0.2, 0.25) is 0 Å². The van der Waals surface area contributed by atoms with Crippen LogP contribution in [0.4, 0.5) is 5.69 Å². The van der Waals surface area contributed by atoms with Gasteiger partial charge in [0, 0.05) is 11.6 Å². The van der Waals surface area contributed by atoms with Crippen molar-refractivity contribution >= 4 is 75.1 Å². The van der Waals surface area contributed by atoms with E-state index in [-0.39, 0.29) is 24.5 Å². The first kappa shape index (κ1) is 24.0. The first-order chi connectivity index (χ1) is 15.9. The van der Waals surface area contributed by atoms with Crippen LogP contribution in [-0.4, -0.2) is 46.9 Å². The Morgan fingerprint density at radius 1 is 1.30 bits per heavy atom. The van der Waals surface area contributed by atoms with Gasteiger partial charge in [-0.3, -0.25) is 14.5 Å². The molecule has 2 aliphatic heterocycles. The lowest BCUT2D eigenvalue weighted by atomic mass is 10.2. The molecule has 2 aromatic rings. The summed E-state index contributed by atoms with van der Waals surface area (Å²) in [6.07, 6.45) is 3.76. The van der Waals surface area contributed by atoms with Gasteiger partial charge in [-0.2, -0.15) is 0 Å². The number of rotatable bonds is 7. The van der Waals surface area contributed by atoms with Gasteiger partial charge in [0.25, 0.3) is 11.8 Å². The molecule has 1 N–H and O–H groups in total. The van der Waals surface area contributed by atoms with E-state index < -0.39 is 0 Å². The highest BCUT2D eigenvalue weighted by atomic mass is 35.5. The number of nitrogens with zero attached hydrogens (tertiary/aromatic N) is 1. The molecule has 0 bridgehead atoms. The third-order valence-corrected chi connectivity index (χ3v) is 6.94. The number of thioether (sulfide) groups is 1. The minimum Gasteiger partial charge on any atom is -0.484 e. The predicted octanol–water partition coefficient (Wildman–Crippen LogP) is 5.39. The molecule has 6 nitrogen and oxygen atoms in total. The molecule has 2 fully saturated rings. The first-order valence-electron chi connectivity index (χ1n) is 10.2. The smallest absolute Gasteiger partial charge is 0.266 e. The van der Waals surface area contributed by atoms with Crippen molar-refractivity contribution in [3.05, 3.63) is 63.0 Å². The fourth-order valence-corrected chi connectivity index (χ4v) is 5.15. The summed E-state index contributed by atoms with van der Waals surface area (Å²) >= 11 is 18.6. The Labute approximate surface area is 211 Å². The summed E-state index contributed by atoms with van der Waals surface area (Å²) in [7, 11) is 0. The van der Waals surface area contributed by atoms with Gasteiger partial charge in [0.1, 0.15) is 10.1 Å². The second-order valence-corrected chi connectivity index (χ2v) is 9.98. The third kappa shape index (κ3) is 6.28. The zero-order valence-corrected chi connectivity index (χ0v) is 20.5. The topological polar surface area (TPSA) is 67.9 Å². The van der Waals surface area contributed by atoms with Gasteiger partial charge in [-0.15, -0.1) is 0 Å². The highest BCUT2D eigenvalue weighted by Crippen LogP contribution is 2.34. The lowest BCUT2D eigenvalue weighted by Gasteiger charge is -2.18. The van der Waals surface area contributed by atoms with E-state index in [9.17, 15) is 9.59 Å². The van der Waals surface area contributed by atoms with E-state index >= 15 is 0 Å². The van der Waals surface area contributed by atoms with Crippen molar-refractivity contribution in [2.75, 3.05) is 25.1 Å². The largest absolute Gasteiger partial charge is 0.484 e. The molecule has 2 aliphatic rings. The number of halogens is 2. The van der Waals surface area contributed by atoms with Crippen molar-refractivity contribution in [2.45, 2.75) is 18.9 Å². The minimum atomic E-state index is -0.361. The van der Waals surface area contributed by atoms with Crippen LogP contribution in [0.5, 0.6) is 5.75 Å². The number of hydrogen-bond acceptors (Lipinski definition) is 6. The normalized spacial score (nSPS) is 19.4. The van der Waals surface area contributed by atoms with E-state index in [1.165, 1.54) is 11.8 Å². The molecule has 0 radical (unpaired) electrons. The first-order valence-corrected chi connectivity index (χ1v) is 12.2. The Hall–Kier alpha value is -2.10. The number of amides is 2. The summed E-state index contributed by atoms with van der Waals surface area (Å²) in [6.45, 7) is 1.01. The van der Waals surface area contributed by atoms with Crippen LogP contribution in [0.2, 0.25) is 10.0 Å². The number of benzene rings is 2. The van der Waals surface area contributed by atoms with Crippen LogP contribution in [-0.2, 0) is 14.3 Å². The Morgan fingerprint density at radius 3 is 2.91 bits per heavy atom. The summed E-state index contributed by atoms with van der Waals surface area (Å²) in [5.74, 6) is 0.0154. The number of hydrogen-bond donors (Lipinski definition) is 1. The van der Waals surface area contributed by atoms with Crippen LogP contribution in [0.15, 0.2) is 47.4 Å². The van der Waals surface area contributed by atoms with Crippen molar-refractivity contribution in [3.8, 4) is 5.75 Å². The Balaban J connectivity index is 1.36. The van der Waals surface area contributed by atoms with Gasteiger partial charge in [-0.05, 0) is 54.8 Å². The molecule has 10 heteroatoms. The predicted molar refractivity (Wildman–Crippen MR) is 136 cm³/mol. The van der Waals surface area contributed by atoms with Crippen molar-refractivity contribution < 1.29 is 19.1 Å². The number of anilines is 1. The molecule has 2 aromatic carbocycles. The Bertz CT molecular complexity index is 1120. The molecule has 2 saturated heterocycles. The summed E-state index contributed by atoms with van der Waals surface area (Å²) in [6, 6.07) is 12.0.